The van der Waals surface area contributed by atoms with E-state index in [4.69, 9.17) is 4.42 Å². The lowest BCUT2D eigenvalue weighted by molar-refractivity contribution is -0.124. The van der Waals surface area contributed by atoms with Crippen molar-refractivity contribution in [1.29, 1.82) is 0 Å². The van der Waals surface area contributed by atoms with Crippen LogP contribution >= 0.6 is 15.9 Å². The monoisotopic (exact) mass is 433 g/mol. The molecule has 0 saturated heterocycles. The number of nitrogens with zero attached hydrogens (tertiary/aromatic N) is 1. The Kier molecular flexibility index (Phi) is 6.01. The van der Waals surface area contributed by atoms with Gasteiger partial charge in [-0.3, -0.25) is 25.3 Å². The van der Waals surface area contributed by atoms with Crippen LogP contribution < -0.4 is 10.9 Å². The van der Waals surface area contributed by atoms with Gasteiger partial charge >= 0.3 is 5.91 Å². The topological polar surface area (TPSA) is 74.6 Å². The molecule has 2 N–H and O–H groups in total. The summed E-state index contributed by atoms with van der Waals surface area (Å²) < 4.78 is 6.57. The van der Waals surface area contributed by atoms with E-state index in [-0.39, 0.29) is 11.7 Å². The Hall–Kier alpha value is -2.12. The van der Waals surface area contributed by atoms with Gasteiger partial charge in [0.2, 0.25) is 5.91 Å². The van der Waals surface area contributed by atoms with Crippen molar-refractivity contribution in [3.05, 3.63) is 58.0 Å². The van der Waals surface area contributed by atoms with E-state index < -0.39 is 11.3 Å². The number of carbonyl (C=O) groups excluding carboxylic acids is 2. The van der Waals surface area contributed by atoms with Gasteiger partial charge in [-0.25, -0.2) is 0 Å². The van der Waals surface area contributed by atoms with Crippen LogP contribution in [0.2, 0.25) is 0 Å². The first-order chi connectivity index (χ1) is 13.0. The maximum atomic E-state index is 12.6. The number of amides is 2. The normalized spacial score (nSPS) is 14.8. The molecule has 144 valence electrons. The molecule has 1 aliphatic carbocycles. The quantitative estimate of drug-likeness (QED) is 0.656. The van der Waals surface area contributed by atoms with Crippen molar-refractivity contribution < 1.29 is 14.0 Å². The molecular formula is C20H24BrN3O3. The third-order valence-corrected chi connectivity index (χ3v) is 5.56. The van der Waals surface area contributed by atoms with Gasteiger partial charge in [0.15, 0.2) is 5.76 Å². The molecule has 3 rings (SSSR count). The third-order valence-electron chi connectivity index (χ3n) is 5.03. The zero-order valence-electron chi connectivity index (χ0n) is 15.5. The molecule has 0 spiro atoms. The molecule has 6 nitrogen and oxygen atoms in total. The highest BCUT2D eigenvalue weighted by atomic mass is 79.9. The van der Waals surface area contributed by atoms with Crippen LogP contribution in [-0.4, -0.2) is 29.8 Å². The number of benzene rings is 1. The summed E-state index contributed by atoms with van der Waals surface area (Å²) in [6, 6.07) is 11.1. The lowest BCUT2D eigenvalue weighted by Crippen LogP contribution is -2.46. The molecule has 0 unspecified atom stereocenters. The van der Waals surface area contributed by atoms with E-state index in [0.717, 1.165) is 41.7 Å². The fourth-order valence-corrected chi connectivity index (χ4v) is 3.35. The van der Waals surface area contributed by atoms with Crippen molar-refractivity contribution in [1.82, 2.24) is 15.8 Å². The largest absolute Gasteiger partial charge is 0.454 e. The summed E-state index contributed by atoms with van der Waals surface area (Å²) >= 11 is 3.40. The van der Waals surface area contributed by atoms with Gasteiger partial charge < -0.3 is 4.42 Å². The molecule has 1 aliphatic rings. The highest BCUT2D eigenvalue weighted by Crippen LogP contribution is 2.48. The predicted octanol–water partition coefficient (Wildman–Crippen LogP) is 3.38. The fraction of sp³-hybridized carbons (Fsp3) is 0.400. The van der Waals surface area contributed by atoms with Crippen molar-refractivity contribution in [3.8, 4) is 0 Å². The Labute approximate surface area is 167 Å². The Morgan fingerprint density at radius 2 is 1.74 bits per heavy atom. The van der Waals surface area contributed by atoms with E-state index in [0.29, 0.717) is 6.54 Å². The molecule has 1 fully saturated rings. The second-order valence-corrected chi connectivity index (χ2v) is 7.64. The summed E-state index contributed by atoms with van der Waals surface area (Å²) in [6.45, 7) is 6.63. The Morgan fingerprint density at radius 3 is 2.33 bits per heavy atom. The minimum Gasteiger partial charge on any atom is -0.454 e. The van der Waals surface area contributed by atoms with Crippen LogP contribution in [0.5, 0.6) is 0 Å². The first-order valence-corrected chi connectivity index (χ1v) is 9.95. The van der Waals surface area contributed by atoms with Gasteiger partial charge in [-0.05, 0) is 55.8 Å². The van der Waals surface area contributed by atoms with E-state index in [1.54, 1.807) is 12.1 Å². The van der Waals surface area contributed by atoms with Crippen molar-refractivity contribution in [2.24, 2.45) is 0 Å². The molecule has 7 heteroatoms. The average molecular weight is 434 g/mol. The molecule has 0 atom stereocenters. The summed E-state index contributed by atoms with van der Waals surface area (Å²) in [5.41, 5.74) is 5.42. The Morgan fingerprint density at radius 1 is 1.07 bits per heavy atom. The number of hydrogen-bond donors (Lipinski definition) is 2. The number of nitrogens with one attached hydrogen (secondary N) is 2. The van der Waals surface area contributed by atoms with Gasteiger partial charge in [-0.15, -0.1) is 0 Å². The average Bonchev–Trinajstić information content (AvgIpc) is 3.36. The fourth-order valence-electron chi connectivity index (χ4n) is 3.09. The number of rotatable bonds is 7. The molecule has 2 amide bonds. The summed E-state index contributed by atoms with van der Waals surface area (Å²) in [5, 5.41) is 0. The zero-order valence-corrected chi connectivity index (χ0v) is 17.1. The highest BCUT2D eigenvalue weighted by molar-refractivity contribution is 9.10. The van der Waals surface area contributed by atoms with E-state index in [9.17, 15) is 9.59 Å². The number of carbonyl (C=O) groups is 2. The molecular weight excluding hydrogens is 410 g/mol. The maximum absolute atomic E-state index is 12.6. The van der Waals surface area contributed by atoms with Gasteiger partial charge in [-0.2, -0.15) is 0 Å². The summed E-state index contributed by atoms with van der Waals surface area (Å²) in [5.74, 6) is 0.253. The lowest BCUT2D eigenvalue weighted by Gasteiger charge is -2.16. The van der Waals surface area contributed by atoms with Gasteiger partial charge in [-0.1, -0.05) is 41.9 Å². The lowest BCUT2D eigenvalue weighted by atomic mass is 9.95. The van der Waals surface area contributed by atoms with Crippen LogP contribution in [-0.2, 0) is 16.8 Å². The minimum atomic E-state index is -0.551. The predicted molar refractivity (Wildman–Crippen MR) is 106 cm³/mol. The molecule has 1 saturated carbocycles. The minimum absolute atomic E-state index is 0.186. The third kappa shape index (κ3) is 4.42. The van der Waals surface area contributed by atoms with Crippen molar-refractivity contribution in [2.75, 3.05) is 13.1 Å². The molecule has 0 bridgehead atoms. The van der Waals surface area contributed by atoms with Crippen LogP contribution in [0.4, 0.5) is 0 Å². The summed E-state index contributed by atoms with van der Waals surface area (Å²) in [4.78, 5) is 27.1. The molecule has 27 heavy (non-hydrogen) atoms. The van der Waals surface area contributed by atoms with E-state index in [2.05, 4.69) is 45.5 Å². The van der Waals surface area contributed by atoms with Gasteiger partial charge in [0, 0.05) is 4.47 Å². The first kappa shape index (κ1) is 19.6. The number of hydrazine groups is 1. The van der Waals surface area contributed by atoms with Crippen LogP contribution in [0.3, 0.4) is 0 Å². The van der Waals surface area contributed by atoms with Gasteiger partial charge in [0.05, 0.1) is 12.0 Å². The summed E-state index contributed by atoms with van der Waals surface area (Å²) in [7, 11) is 0. The number of hydrogen-bond acceptors (Lipinski definition) is 4. The van der Waals surface area contributed by atoms with Gasteiger partial charge in [0.25, 0.3) is 0 Å². The maximum Gasteiger partial charge on any atom is 0.305 e. The molecule has 1 aromatic heterocycles. The molecule has 2 aromatic rings. The van der Waals surface area contributed by atoms with Crippen molar-refractivity contribution >= 4 is 27.7 Å². The molecule has 1 aromatic carbocycles. The Balaban J connectivity index is 1.57. The van der Waals surface area contributed by atoms with Crippen LogP contribution in [0.1, 0.15) is 48.6 Å². The SMILES string of the molecule is CCN(CC)Cc1ccc(C(=O)NNC(=O)C2(c3ccc(Br)cc3)CC2)o1. The molecule has 1 heterocycles. The van der Waals surface area contributed by atoms with Crippen LogP contribution in [0.25, 0.3) is 0 Å². The van der Waals surface area contributed by atoms with E-state index >= 15 is 0 Å². The first-order valence-electron chi connectivity index (χ1n) is 9.16. The second kappa shape index (κ2) is 8.27. The highest BCUT2D eigenvalue weighted by Gasteiger charge is 2.51. The standard InChI is InChI=1S/C20H24BrN3O3/c1-3-24(4-2)13-16-9-10-17(27-16)18(25)22-23-19(26)20(11-12-20)14-5-7-15(21)8-6-14/h5-10H,3-4,11-13H2,1-2H3,(H,22,25)(H,23,26). The Bertz CT molecular complexity index is 808. The van der Waals surface area contributed by atoms with Crippen molar-refractivity contribution in [2.45, 2.75) is 38.6 Å². The smallest absolute Gasteiger partial charge is 0.305 e. The van der Waals surface area contributed by atoms with E-state index in [1.165, 1.54) is 0 Å². The van der Waals surface area contributed by atoms with Crippen LogP contribution in [0, 0.1) is 0 Å². The molecule has 0 radical (unpaired) electrons. The van der Waals surface area contributed by atoms with Gasteiger partial charge in [0.1, 0.15) is 5.76 Å². The zero-order chi connectivity index (χ0) is 19.4. The van der Waals surface area contributed by atoms with Crippen molar-refractivity contribution in [3.63, 3.8) is 0 Å². The molecule has 0 aliphatic heterocycles. The second-order valence-electron chi connectivity index (χ2n) is 6.72. The summed E-state index contributed by atoms with van der Waals surface area (Å²) in [6.07, 6.45) is 1.54. The van der Waals surface area contributed by atoms with Crippen LogP contribution in [0.15, 0.2) is 45.3 Å². The number of halogens is 1. The van der Waals surface area contributed by atoms with E-state index in [1.807, 2.05) is 24.3 Å². The number of furan rings is 1.